The summed E-state index contributed by atoms with van der Waals surface area (Å²) < 4.78 is 31.3. The average Bonchev–Trinajstić information content (AvgIpc) is 3.17. The summed E-state index contributed by atoms with van der Waals surface area (Å²) in [4.78, 5) is 16.6. The van der Waals surface area contributed by atoms with Crippen molar-refractivity contribution < 1.29 is 17.6 Å². The van der Waals surface area contributed by atoms with Crippen molar-refractivity contribution in [1.29, 1.82) is 0 Å². The van der Waals surface area contributed by atoms with Gasteiger partial charge in [0, 0.05) is 31.9 Å². The fourth-order valence-electron chi connectivity index (χ4n) is 3.03. The Hall–Kier alpha value is -2.52. The molecule has 0 spiro atoms. The average molecular weight is 407 g/mol. The number of urea groups is 1. The number of hydrogen-bond donors (Lipinski definition) is 2. The van der Waals surface area contributed by atoms with Crippen LogP contribution >= 0.6 is 0 Å². The molecule has 1 aliphatic rings. The van der Waals surface area contributed by atoms with Gasteiger partial charge in [-0.05, 0) is 49.7 Å². The fourth-order valence-corrected chi connectivity index (χ4v) is 3.74. The molecule has 1 aromatic carbocycles. The highest BCUT2D eigenvalue weighted by Crippen LogP contribution is 2.21. The number of aryl methyl sites for hydroxylation is 1. The first-order chi connectivity index (χ1) is 13.4. The summed E-state index contributed by atoms with van der Waals surface area (Å²) in [5.41, 5.74) is 1.91. The van der Waals surface area contributed by atoms with E-state index < -0.39 is 10.0 Å². The van der Waals surface area contributed by atoms with Gasteiger partial charge < -0.3 is 14.6 Å². The maximum atomic E-state index is 12.5. The van der Waals surface area contributed by atoms with E-state index in [-0.39, 0.29) is 11.8 Å². The molecule has 1 fully saturated rings. The molecule has 1 aliphatic heterocycles. The second kappa shape index (κ2) is 8.66. The molecular formula is C19H26N4O4S. The predicted molar refractivity (Wildman–Crippen MR) is 109 cm³/mol. The molecule has 28 heavy (non-hydrogen) atoms. The summed E-state index contributed by atoms with van der Waals surface area (Å²) in [6.45, 7) is 6.98. The van der Waals surface area contributed by atoms with Gasteiger partial charge in [0.15, 0.2) is 0 Å². The molecule has 0 saturated carbocycles. The van der Waals surface area contributed by atoms with Gasteiger partial charge >= 0.3 is 6.03 Å². The molecule has 1 saturated heterocycles. The molecule has 1 aromatic heterocycles. The van der Waals surface area contributed by atoms with Gasteiger partial charge in [-0.1, -0.05) is 0 Å². The number of piperazine rings is 1. The van der Waals surface area contributed by atoms with Crippen LogP contribution in [0.25, 0.3) is 0 Å². The first-order valence-electron chi connectivity index (χ1n) is 9.28. The highest BCUT2D eigenvalue weighted by Gasteiger charge is 2.22. The Morgan fingerprint density at radius 3 is 2.54 bits per heavy atom. The Labute approximate surface area is 165 Å². The third kappa shape index (κ3) is 5.26. The molecule has 2 heterocycles. The summed E-state index contributed by atoms with van der Waals surface area (Å²) in [6.07, 6.45) is 1.67. The number of sulfonamides is 1. The number of amides is 2. The van der Waals surface area contributed by atoms with Gasteiger partial charge in [-0.15, -0.1) is 0 Å². The largest absolute Gasteiger partial charge is 0.468 e. The maximum absolute atomic E-state index is 12.5. The number of furan rings is 1. The molecule has 2 aromatic rings. The van der Waals surface area contributed by atoms with Crippen LogP contribution in [0.3, 0.4) is 0 Å². The van der Waals surface area contributed by atoms with Gasteiger partial charge in [-0.2, -0.15) is 0 Å². The highest BCUT2D eigenvalue weighted by molar-refractivity contribution is 7.92. The summed E-state index contributed by atoms with van der Waals surface area (Å²) in [5.74, 6) is 0.934. The number of anilines is 2. The summed E-state index contributed by atoms with van der Waals surface area (Å²) in [6, 6.07) is 8.80. The highest BCUT2D eigenvalue weighted by atomic mass is 32.2. The number of nitrogens with one attached hydrogen (secondary N) is 2. The van der Waals surface area contributed by atoms with Crippen molar-refractivity contribution in [3.05, 3.63) is 47.9 Å². The minimum absolute atomic E-state index is 0.0107. The second-order valence-corrected chi connectivity index (χ2v) is 8.82. The number of nitrogens with zero attached hydrogens (tertiary/aromatic N) is 2. The summed E-state index contributed by atoms with van der Waals surface area (Å²) >= 11 is 0. The molecule has 152 valence electrons. The van der Waals surface area contributed by atoms with Crippen LogP contribution in [-0.2, 0) is 16.6 Å². The van der Waals surface area contributed by atoms with Crippen molar-refractivity contribution in [1.82, 2.24) is 9.80 Å². The van der Waals surface area contributed by atoms with Crippen LogP contribution in [0, 0.1) is 6.92 Å². The van der Waals surface area contributed by atoms with E-state index in [9.17, 15) is 13.2 Å². The molecule has 0 bridgehead atoms. The van der Waals surface area contributed by atoms with Crippen molar-refractivity contribution in [2.45, 2.75) is 20.4 Å². The summed E-state index contributed by atoms with van der Waals surface area (Å²) in [7, 11) is -3.33. The van der Waals surface area contributed by atoms with Crippen molar-refractivity contribution in [3.63, 3.8) is 0 Å². The van der Waals surface area contributed by atoms with E-state index in [0.717, 1.165) is 31.0 Å². The monoisotopic (exact) mass is 406 g/mol. The van der Waals surface area contributed by atoms with E-state index in [0.29, 0.717) is 24.5 Å². The molecule has 9 heteroatoms. The van der Waals surface area contributed by atoms with Gasteiger partial charge in [-0.3, -0.25) is 9.62 Å². The molecule has 8 nitrogen and oxygen atoms in total. The van der Waals surface area contributed by atoms with Gasteiger partial charge in [0.25, 0.3) is 0 Å². The Balaban J connectivity index is 1.53. The number of hydrogen-bond acceptors (Lipinski definition) is 5. The molecule has 0 aliphatic carbocycles. The predicted octanol–water partition coefficient (Wildman–Crippen LogP) is 2.70. The van der Waals surface area contributed by atoms with Gasteiger partial charge in [0.2, 0.25) is 10.0 Å². The first kappa shape index (κ1) is 20.2. The van der Waals surface area contributed by atoms with Crippen LogP contribution in [0.5, 0.6) is 0 Å². The van der Waals surface area contributed by atoms with Crippen LogP contribution in [0.1, 0.15) is 18.2 Å². The van der Waals surface area contributed by atoms with Crippen LogP contribution in [0.4, 0.5) is 16.2 Å². The third-order valence-electron chi connectivity index (χ3n) is 4.74. The minimum atomic E-state index is -3.33. The topological polar surface area (TPSA) is 94.9 Å². The minimum Gasteiger partial charge on any atom is -0.468 e. The Morgan fingerprint density at radius 2 is 1.93 bits per heavy atom. The summed E-state index contributed by atoms with van der Waals surface area (Å²) in [5, 5.41) is 2.89. The molecule has 0 unspecified atom stereocenters. The van der Waals surface area contributed by atoms with Gasteiger partial charge in [-0.25, -0.2) is 13.2 Å². The Kier molecular flexibility index (Phi) is 6.25. The molecule has 2 amide bonds. The zero-order chi connectivity index (χ0) is 20.1. The lowest BCUT2D eigenvalue weighted by Gasteiger charge is -2.34. The van der Waals surface area contributed by atoms with Crippen molar-refractivity contribution >= 4 is 27.4 Å². The van der Waals surface area contributed by atoms with E-state index in [1.165, 1.54) is 0 Å². The first-order valence-corrected chi connectivity index (χ1v) is 10.9. The molecule has 0 radical (unpaired) electrons. The molecular weight excluding hydrogens is 380 g/mol. The van der Waals surface area contributed by atoms with Crippen molar-refractivity contribution in [3.8, 4) is 0 Å². The van der Waals surface area contributed by atoms with Crippen LogP contribution in [-0.4, -0.2) is 56.2 Å². The van der Waals surface area contributed by atoms with Crippen LogP contribution < -0.4 is 10.0 Å². The zero-order valence-electron chi connectivity index (χ0n) is 16.1. The lowest BCUT2D eigenvalue weighted by atomic mass is 10.2. The fraction of sp³-hybridized carbons (Fsp3) is 0.421. The lowest BCUT2D eigenvalue weighted by Crippen LogP contribution is -2.49. The SMILES string of the molecule is CCS(=O)(=O)Nc1ccc(NC(=O)N2CCN(Cc3ccco3)CC2)cc1C. The van der Waals surface area contributed by atoms with E-state index in [1.54, 1.807) is 43.2 Å². The van der Waals surface area contributed by atoms with E-state index in [1.807, 2.05) is 12.1 Å². The van der Waals surface area contributed by atoms with Gasteiger partial charge in [0.05, 0.1) is 24.2 Å². The smallest absolute Gasteiger partial charge is 0.321 e. The quantitative estimate of drug-likeness (QED) is 0.769. The maximum Gasteiger partial charge on any atom is 0.321 e. The second-order valence-electron chi connectivity index (χ2n) is 6.81. The number of benzene rings is 1. The van der Waals surface area contributed by atoms with Crippen molar-refractivity contribution in [2.75, 3.05) is 42.0 Å². The Morgan fingerprint density at radius 1 is 1.18 bits per heavy atom. The standard InChI is InChI=1S/C19H26N4O4S/c1-3-28(25,26)21-18-7-6-16(13-15(18)2)20-19(24)23-10-8-22(9-11-23)14-17-5-4-12-27-17/h4-7,12-13,21H,3,8-11,14H2,1-2H3,(H,20,24). The third-order valence-corrected chi connectivity index (χ3v) is 6.03. The van der Waals surface area contributed by atoms with E-state index >= 15 is 0 Å². The molecule has 0 atom stereocenters. The number of carbonyl (C=O) groups excluding carboxylic acids is 1. The molecule has 2 N–H and O–H groups in total. The zero-order valence-corrected chi connectivity index (χ0v) is 17.0. The lowest BCUT2D eigenvalue weighted by molar-refractivity contribution is 0.137. The van der Waals surface area contributed by atoms with E-state index in [4.69, 9.17) is 4.42 Å². The van der Waals surface area contributed by atoms with Gasteiger partial charge in [0.1, 0.15) is 5.76 Å². The van der Waals surface area contributed by atoms with Crippen LogP contribution in [0.15, 0.2) is 41.0 Å². The normalized spacial score (nSPS) is 15.4. The Bertz CT molecular complexity index is 904. The molecule has 3 rings (SSSR count). The van der Waals surface area contributed by atoms with Crippen LogP contribution in [0.2, 0.25) is 0 Å². The number of carbonyl (C=O) groups is 1. The van der Waals surface area contributed by atoms with Crippen molar-refractivity contribution in [2.24, 2.45) is 0 Å². The number of rotatable bonds is 6. The van der Waals surface area contributed by atoms with E-state index in [2.05, 4.69) is 14.9 Å².